The molecule has 0 spiro atoms. The van der Waals surface area contributed by atoms with Crippen molar-refractivity contribution in [1.29, 1.82) is 0 Å². The van der Waals surface area contributed by atoms with E-state index in [0.717, 1.165) is 5.56 Å². The molecule has 15 heavy (non-hydrogen) atoms. The maximum atomic E-state index is 10.8. The molecule has 76 valence electrons. The van der Waals surface area contributed by atoms with Gasteiger partial charge in [-0.1, -0.05) is 35.0 Å². The predicted molar refractivity (Wildman–Crippen MR) is 58.7 cm³/mol. The van der Waals surface area contributed by atoms with E-state index in [-0.39, 0.29) is 5.90 Å². The van der Waals surface area contributed by atoms with Crippen LogP contribution in [0.25, 0.3) is 6.08 Å². The van der Waals surface area contributed by atoms with Crippen molar-refractivity contribution < 1.29 is 9.79 Å². The summed E-state index contributed by atoms with van der Waals surface area (Å²) in [6.07, 6.45) is 6.23. The molecule has 0 saturated carbocycles. The summed E-state index contributed by atoms with van der Waals surface area (Å²) in [5.41, 5.74) is 1.14. The largest absolute Gasteiger partial charge is 0.857 e. The average Bonchev–Trinajstić information content (AvgIpc) is 2.66. The molecule has 0 aliphatic carbocycles. The summed E-state index contributed by atoms with van der Waals surface area (Å²) in [4.78, 5) is 0. The monoisotopic (exact) mass is 200 g/mol. The van der Waals surface area contributed by atoms with Crippen LogP contribution in [0.4, 0.5) is 0 Å². The number of hydrazone groups is 1. The van der Waals surface area contributed by atoms with Crippen molar-refractivity contribution in [3.05, 3.63) is 42.0 Å². The first-order chi connectivity index (χ1) is 7.34. The van der Waals surface area contributed by atoms with Crippen LogP contribution in [0.5, 0.6) is 0 Å². The van der Waals surface area contributed by atoms with E-state index in [0.29, 0.717) is 13.0 Å². The predicted octanol–water partition coefficient (Wildman–Crippen LogP) is 0.861. The molecule has 0 saturated heterocycles. The molecule has 0 bridgehead atoms. The Kier molecular flexibility index (Phi) is 2.93. The fraction of sp³-hybridized carbons (Fsp3) is 0.167. The average molecular weight is 200 g/mol. The van der Waals surface area contributed by atoms with Gasteiger partial charge in [0.15, 0.2) is 12.8 Å². The van der Waals surface area contributed by atoms with E-state index < -0.39 is 0 Å². The van der Waals surface area contributed by atoms with Gasteiger partial charge in [-0.2, -0.15) is 0 Å². The minimum Gasteiger partial charge on any atom is -0.857 e. The summed E-state index contributed by atoms with van der Waals surface area (Å²) in [5.74, 6) is -0.0423. The summed E-state index contributed by atoms with van der Waals surface area (Å²) in [6, 6.07) is 10.0. The first kappa shape index (κ1) is 9.65. The Bertz CT molecular complexity index is 419. The molecule has 0 amide bonds. The van der Waals surface area contributed by atoms with Gasteiger partial charge in [-0.05, 0) is 16.7 Å². The van der Waals surface area contributed by atoms with Crippen LogP contribution < -0.4 is 5.11 Å². The number of hydrogen-bond donors (Lipinski definition) is 0. The van der Waals surface area contributed by atoms with E-state index >= 15 is 0 Å². The van der Waals surface area contributed by atoms with Gasteiger partial charge < -0.3 is 5.11 Å². The maximum absolute atomic E-state index is 10.8. The Hall–Kier alpha value is -1.90. The third-order valence-corrected chi connectivity index (χ3v) is 2.14. The SMILES string of the molecule is [O-]C1=N/[N+](=C/C=C/c2ccccc2)CC1. The van der Waals surface area contributed by atoms with Crippen molar-refractivity contribution in [3.63, 3.8) is 0 Å². The second-order valence-corrected chi connectivity index (χ2v) is 3.33. The molecule has 0 aromatic heterocycles. The van der Waals surface area contributed by atoms with E-state index in [1.54, 1.807) is 4.68 Å². The summed E-state index contributed by atoms with van der Waals surface area (Å²) >= 11 is 0. The molecule has 1 aromatic carbocycles. The summed E-state index contributed by atoms with van der Waals surface area (Å²) < 4.78 is 1.67. The quantitative estimate of drug-likeness (QED) is 0.652. The second-order valence-electron chi connectivity index (χ2n) is 3.33. The Labute approximate surface area is 88.7 Å². The fourth-order valence-electron chi connectivity index (χ4n) is 1.38. The number of nitrogens with zero attached hydrogens (tertiary/aromatic N) is 2. The zero-order valence-corrected chi connectivity index (χ0v) is 8.34. The van der Waals surface area contributed by atoms with E-state index in [1.165, 1.54) is 0 Å². The second kappa shape index (κ2) is 4.55. The van der Waals surface area contributed by atoms with Gasteiger partial charge in [-0.3, -0.25) is 0 Å². The Morgan fingerprint density at radius 3 is 2.73 bits per heavy atom. The third-order valence-electron chi connectivity index (χ3n) is 2.14. The third kappa shape index (κ3) is 2.77. The smallest absolute Gasteiger partial charge is 0.196 e. The molecular formula is C12H12N2O. The molecular weight excluding hydrogens is 188 g/mol. The fourth-order valence-corrected chi connectivity index (χ4v) is 1.38. The highest BCUT2D eigenvalue weighted by atomic mass is 16.3. The first-order valence-corrected chi connectivity index (χ1v) is 4.92. The number of benzene rings is 1. The number of allylic oxidation sites excluding steroid dienone is 1. The first-order valence-electron chi connectivity index (χ1n) is 4.92. The highest BCUT2D eigenvalue weighted by Gasteiger charge is 2.08. The normalized spacial score (nSPS) is 18.7. The lowest BCUT2D eigenvalue weighted by atomic mass is 10.2. The van der Waals surface area contributed by atoms with Crippen LogP contribution in [-0.4, -0.2) is 23.3 Å². The minimum absolute atomic E-state index is 0.0423. The Morgan fingerprint density at radius 1 is 1.27 bits per heavy atom. The Balaban J connectivity index is 2.02. The van der Waals surface area contributed by atoms with Gasteiger partial charge in [0.25, 0.3) is 0 Å². The van der Waals surface area contributed by atoms with Crippen molar-refractivity contribution >= 4 is 18.2 Å². The molecule has 3 heteroatoms. The molecule has 2 rings (SSSR count). The van der Waals surface area contributed by atoms with Gasteiger partial charge in [-0.25, -0.2) is 0 Å². The van der Waals surface area contributed by atoms with Gasteiger partial charge in [0, 0.05) is 18.4 Å². The molecule has 0 atom stereocenters. The summed E-state index contributed by atoms with van der Waals surface area (Å²) in [6.45, 7) is 0.692. The van der Waals surface area contributed by atoms with Crippen LogP contribution in [-0.2, 0) is 0 Å². The molecule has 1 heterocycles. The molecule has 0 radical (unpaired) electrons. The van der Waals surface area contributed by atoms with Crippen molar-refractivity contribution in [2.45, 2.75) is 6.42 Å². The van der Waals surface area contributed by atoms with Crippen molar-refractivity contribution in [2.75, 3.05) is 6.54 Å². The topological polar surface area (TPSA) is 38.4 Å². The van der Waals surface area contributed by atoms with Crippen LogP contribution in [0, 0.1) is 0 Å². The minimum atomic E-state index is -0.0423. The van der Waals surface area contributed by atoms with Crippen molar-refractivity contribution in [1.82, 2.24) is 0 Å². The zero-order valence-electron chi connectivity index (χ0n) is 8.34. The molecule has 3 nitrogen and oxygen atoms in total. The van der Waals surface area contributed by atoms with Crippen LogP contribution in [0.1, 0.15) is 12.0 Å². The van der Waals surface area contributed by atoms with Crippen LogP contribution in [0.15, 0.2) is 41.5 Å². The lowest BCUT2D eigenvalue weighted by molar-refractivity contribution is -0.519. The molecule has 1 aliphatic rings. The summed E-state index contributed by atoms with van der Waals surface area (Å²) in [7, 11) is 0. The Morgan fingerprint density at radius 2 is 2.07 bits per heavy atom. The zero-order chi connectivity index (χ0) is 10.5. The van der Waals surface area contributed by atoms with Crippen LogP contribution in [0.2, 0.25) is 0 Å². The molecule has 1 aliphatic heterocycles. The summed E-state index contributed by atoms with van der Waals surface area (Å²) in [5, 5.41) is 14.6. The maximum Gasteiger partial charge on any atom is 0.196 e. The van der Waals surface area contributed by atoms with Gasteiger partial charge in [0.05, 0.1) is 0 Å². The van der Waals surface area contributed by atoms with Gasteiger partial charge >= 0.3 is 0 Å². The van der Waals surface area contributed by atoms with Gasteiger partial charge in [-0.15, -0.1) is 0 Å². The molecule has 0 fully saturated rings. The number of rotatable bonds is 2. The van der Waals surface area contributed by atoms with Crippen LogP contribution in [0.3, 0.4) is 0 Å². The lowest BCUT2D eigenvalue weighted by Crippen LogP contribution is -2.13. The van der Waals surface area contributed by atoms with Gasteiger partial charge in [0.2, 0.25) is 0 Å². The lowest BCUT2D eigenvalue weighted by Gasteiger charge is -1.89. The van der Waals surface area contributed by atoms with Gasteiger partial charge in [0.1, 0.15) is 0 Å². The molecule has 0 N–H and O–H groups in total. The van der Waals surface area contributed by atoms with E-state index in [9.17, 15) is 5.11 Å². The van der Waals surface area contributed by atoms with Crippen molar-refractivity contribution in [3.8, 4) is 0 Å². The highest BCUT2D eigenvalue weighted by Crippen LogP contribution is 2.00. The van der Waals surface area contributed by atoms with E-state index in [4.69, 9.17) is 0 Å². The van der Waals surface area contributed by atoms with Crippen molar-refractivity contribution in [2.24, 2.45) is 5.10 Å². The molecule has 1 aromatic rings. The van der Waals surface area contributed by atoms with Crippen LogP contribution >= 0.6 is 0 Å². The highest BCUT2D eigenvalue weighted by molar-refractivity contribution is 5.76. The van der Waals surface area contributed by atoms with E-state index in [2.05, 4.69) is 5.10 Å². The van der Waals surface area contributed by atoms with E-state index in [1.807, 2.05) is 48.7 Å². The number of hydrogen-bond acceptors (Lipinski definition) is 2. The standard InChI is InChI=1S/C12H12N2O/c15-12-8-10-14(13-12)9-4-7-11-5-2-1-3-6-11/h1-7,9H,8,10H2/b7-4+,14-9+. The molecule has 0 unspecified atom stereocenters.